The predicted molar refractivity (Wildman–Crippen MR) is 78.2 cm³/mol. The number of nitrogens with zero attached hydrogens (tertiary/aromatic N) is 2. The number of aryl methyl sites for hydroxylation is 3. The molecular formula is C15H18FN3O2. The molecule has 5 nitrogen and oxygen atoms in total. The number of halogens is 1. The smallest absolute Gasteiger partial charge is 0.341 e. The van der Waals surface area contributed by atoms with Gasteiger partial charge in [-0.2, -0.15) is 5.10 Å². The molecule has 0 aliphatic rings. The molecule has 6 heteroatoms. The van der Waals surface area contributed by atoms with Crippen LogP contribution in [0.1, 0.15) is 27.2 Å². The van der Waals surface area contributed by atoms with E-state index in [1.807, 2.05) is 6.92 Å². The molecule has 1 aromatic heterocycles. The van der Waals surface area contributed by atoms with E-state index < -0.39 is 5.97 Å². The molecule has 2 rings (SSSR count). The summed E-state index contributed by atoms with van der Waals surface area (Å²) in [4.78, 5) is 11.2. The first kappa shape index (κ1) is 15.0. The van der Waals surface area contributed by atoms with Gasteiger partial charge in [-0.3, -0.25) is 4.68 Å². The van der Waals surface area contributed by atoms with Gasteiger partial charge in [-0.15, -0.1) is 0 Å². The number of carboxylic acid groups (broad SMARTS) is 1. The maximum Gasteiger partial charge on any atom is 0.341 e. The van der Waals surface area contributed by atoms with Crippen molar-refractivity contribution in [2.45, 2.75) is 20.3 Å². The van der Waals surface area contributed by atoms with Gasteiger partial charge in [0.2, 0.25) is 0 Å². The van der Waals surface area contributed by atoms with Gasteiger partial charge in [-0.1, -0.05) is 6.07 Å². The molecule has 0 atom stereocenters. The number of rotatable bonds is 5. The summed E-state index contributed by atoms with van der Waals surface area (Å²) >= 11 is 0. The normalized spacial score (nSPS) is 10.7. The molecule has 0 saturated carbocycles. The number of anilines is 1. The number of carbonyl (C=O) groups is 1. The third-order valence-corrected chi connectivity index (χ3v) is 3.43. The molecule has 1 heterocycles. The highest BCUT2D eigenvalue weighted by molar-refractivity contribution is 5.94. The van der Waals surface area contributed by atoms with E-state index in [2.05, 4.69) is 10.4 Å². The van der Waals surface area contributed by atoms with Crippen LogP contribution in [0.2, 0.25) is 0 Å². The van der Waals surface area contributed by atoms with Gasteiger partial charge in [0.05, 0.1) is 5.69 Å². The Morgan fingerprint density at radius 2 is 2.14 bits per heavy atom. The Morgan fingerprint density at radius 1 is 1.43 bits per heavy atom. The van der Waals surface area contributed by atoms with Crippen LogP contribution in [0.4, 0.5) is 10.2 Å². The first-order chi connectivity index (χ1) is 9.90. The first-order valence-electron chi connectivity index (χ1n) is 6.66. The van der Waals surface area contributed by atoms with Crippen molar-refractivity contribution in [1.29, 1.82) is 0 Å². The van der Waals surface area contributed by atoms with Crippen molar-refractivity contribution in [3.05, 3.63) is 46.4 Å². The molecule has 0 bridgehead atoms. The number of hydrogen-bond acceptors (Lipinski definition) is 3. The van der Waals surface area contributed by atoms with E-state index >= 15 is 0 Å². The summed E-state index contributed by atoms with van der Waals surface area (Å²) in [6, 6.07) is 4.67. The van der Waals surface area contributed by atoms with E-state index in [1.165, 1.54) is 16.8 Å². The standard InChI is InChI=1S/C15H18FN3O2/c1-9-8-12(16)5-4-11(9)6-7-17-14-13(15(20)21)10(2)18-19(14)3/h4-5,8,17H,6-7H2,1-3H3,(H,20,21). The molecule has 0 fully saturated rings. The summed E-state index contributed by atoms with van der Waals surface area (Å²) in [6.07, 6.45) is 0.676. The van der Waals surface area contributed by atoms with Gasteiger partial charge in [0, 0.05) is 13.6 Å². The second kappa shape index (κ2) is 5.95. The van der Waals surface area contributed by atoms with Crippen LogP contribution in [0.5, 0.6) is 0 Å². The van der Waals surface area contributed by atoms with Gasteiger partial charge in [-0.05, 0) is 43.5 Å². The van der Waals surface area contributed by atoms with Crippen molar-refractivity contribution in [3.8, 4) is 0 Å². The van der Waals surface area contributed by atoms with Crippen LogP contribution in [0.3, 0.4) is 0 Å². The summed E-state index contributed by atoms with van der Waals surface area (Å²) in [5.74, 6) is -0.763. The third kappa shape index (κ3) is 3.21. The van der Waals surface area contributed by atoms with Crippen molar-refractivity contribution in [2.24, 2.45) is 7.05 Å². The molecule has 21 heavy (non-hydrogen) atoms. The predicted octanol–water partition coefficient (Wildman–Crippen LogP) is 2.53. The van der Waals surface area contributed by atoms with Gasteiger partial charge in [0.25, 0.3) is 0 Å². The van der Waals surface area contributed by atoms with E-state index in [4.69, 9.17) is 0 Å². The molecule has 0 saturated heterocycles. The van der Waals surface area contributed by atoms with Gasteiger partial charge in [0.1, 0.15) is 17.2 Å². The second-order valence-corrected chi connectivity index (χ2v) is 4.99. The highest BCUT2D eigenvalue weighted by Crippen LogP contribution is 2.19. The van der Waals surface area contributed by atoms with Crippen molar-refractivity contribution in [2.75, 3.05) is 11.9 Å². The highest BCUT2D eigenvalue weighted by atomic mass is 19.1. The number of carboxylic acids is 1. The fraction of sp³-hybridized carbons (Fsp3) is 0.333. The maximum absolute atomic E-state index is 13.0. The molecule has 0 unspecified atom stereocenters. The minimum absolute atomic E-state index is 0.188. The zero-order chi connectivity index (χ0) is 15.6. The van der Waals surface area contributed by atoms with Gasteiger partial charge >= 0.3 is 5.97 Å². The van der Waals surface area contributed by atoms with Crippen LogP contribution in [0, 0.1) is 19.7 Å². The first-order valence-corrected chi connectivity index (χ1v) is 6.66. The Morgan fingerprint density at radius 3 is 2.76 bits per heavy atom. The Bertz CT molecular complexity index is 680. The Kier molecular flexibility index (Phi) is 4.26. The second-order valence-electron chi connectivity index (χ2n) is 4.99. The molecule has 0 aliphatic carbocycles. The molecule has 0 spiro atoms. The van der Waals surface area contributed by atoms with Gasteiger partial charge in [-0.25, -0.2) is 9.18 Å². The van der Waals surface area contributed by atoms with Crippen molar-refractivity contribution >= 4 is 11.8 Å². The summed E-state index contributed by atoms with van der Waals surface area (Å²) in [7, 11) is 1.70. The van der Waals surface area contributed by atoms with E-state index in [-0.39, 0.29) is 11.4 Å². The Hall–Kier alpha value is -2.37. The van der Waals surface area contributed by atoms with E-state index in [9.17, 15) is 14.3 Å². The molecule has 112 valence electrons. The monoisotopic (exact) mass is 291 g/mol. The number of benzene rings is 1. The molecule has 2 aromatic rings. The molecule has 2 N–H and O–H groups in total. The lowest BCUT2D eigenvalue weighted by Gasteiger charge is -2.10. The minimum atomic E-state index is -0.999. The topological polar surface area (TPSA) is 67.2 Å². The van der Waals surface area contributed by atoms with E-state index in [1.54, 1.807) is 20.0 Å². The Labute approximate surface area is 122 Å². The zero-order valence-electron chi connectivity index (χ0n) is 12.3. The Balaban J connectivity index is 2.09. The summed E-state index contributed by atoms with van der Waals surface area (Å²) in [5, 5.41) is 16.4. The number of aromatic carboxylic acids is 1. The van der Waals surface area contributed by atoms with Gasteiger partial charge in [0.15, 0.2) is 0 Å². The van der Waals surface area contributed by atoms with Crippen LogP contribution in [-0.2, 0) is 13.5 Å². The number of aromatic nitrogens is 2. The van der Waals surface area contributed by atoms with Crippen molar-refractivity contribution < 1.29 is 14.3 Å². The number of hydrogen-bond donors (Lipinski definition) is 2. The molecule has 0 amide bonds. The zero-order valence-corrected chi connectivity index (χ0v) is 12.3. The van der Waals surface area contributed by atoms with E-state index in [0.29, 0.717) is 24.5 Å². The third-order valence-electron chi connectivity index (χ3n) is 3.43. The molecule has 1 aromatic carbocycles. The van der Waals surface area contributed by atoms with Gasteiger partial charge < -0.3 is 10.4 Å². The van der Waals surface area contributed by atoms with Crippen LogP contribution in [-0.4, -0.2) is 27.4 Å². The van der Waals surface area contributed by atoms with Crippen LogP contribution in [0.25, 0.3) is 0 Å². The average Bonchev–Trinajstić information content (AvgIpc) is 2.66. The number of nitrogens with one attached hydrogen (secondary N) is 1. The quantitative estimate of drug-likeness (QED) is 0.888. The molecule has 0 radical (unpaired) electrons. The van der Waals surface area contributed by atoms with Crippen molar-refractivity contribution in [3.63, 3.8) is 0 Å². The van der Waals surface area contributed by atoms with Crippen LogP contribution in [0.15, 0.2) is 18.2 Å². The summed E-state index contributed by atoms with van der Waals surface area (Å²) in [5.41, 5.74) is 2.58. The lowest BCUT2D eigenvalue weighted by Crippen LogP contribution is -2.12. The van der Waals surface area contributed by atoms with Crippen LogP contribution >= 0.6 is 0 Å². The summed E-state index contributed by atoms with van der Waals surface area (Å²) < 4.78 is 14.6. The molecular weight excluding hydrogens is 273 g/mol. The largest absolute Gasteiger partial charge is 0.477 e. The highest BCUT2D eigenvalue weighted by Gasteiger charge is 2.19. The average molecular weight is 291 g/mol. The van der Waals surface area contributed by atoms with E-state index in [0.717, 1.165) is 11.1 Å². The van der Waals surface area contributed by atoms with Crippen molar-refractivity contribution in [1.82, 2.24) is 9.78 Å². The lowest BCUT2D eigenvalue weighted by molar-refractivity contribution is 0.0697. The SMILES string of the molecule is Cc1cc(F)ccc1CCNc1c(C(=O)O)c(C)nn1C. The molecule has 0 aliphatic heterocycles. The summed E-state index contributed by atoms with van der Waals surface area (Å²) in [6.45, 7) is 4.07. The fourth-order valence-corrected chi connectivity index (χ4v) is 2.37. The lowest BCUT2D eigenvalue weighted by atomic mass is 10.1. The maximum atomic E-state index is 13.0. The van der Waals surface area contributed by atoms with Crippen LogP contribution < -0.4 is 5.32 Å². The minimum Gasteiger partial charge on any atom is -0.477 e. The fourth-order valence-electron chi connectivity index (χ4n) is 2.37.